The summed E-state index contributed by atoms with van der Waals surface area (Å²) in [5.74, 6) is 0.558. The monoisotopic (exact) mass is 372 g/mol. The highest BCUT2D eigenvalue weighted by atomic mass is 16.6. The first kappa shape index (κ1) is 19.7. The fraction of sp³-hybridized carbons (Fsp3) is 0.636. The van der Waals surface area contributed by atoms with Crippen molar-refractivity contribution >= 4 is 17.7 Å². The summed E-state index contributed by atoms with van der Waals surface area (Å²) in [5, 5.41) is 0. The summed E-state index contributed by atoms with van der Waals surface area (Å²) in [5.41, 5.74) is 3.15. The maximum Gasteiger partial charge on any atom is 0.410 e. The van der Waals surface area contributed by atoms with Gasteiger partial charge in [0.05, 0.1) is 0 Å². The largest absolute Gasteiger partial charge is 0.444 e. The van der Waals surface area contributed by atoms with Crippen LogP contribution in [0.3, 0.4) is 0 Å². The topological polar surface area (TPSA) is 49.9 Å². The molecule has 5 heteroatoms. The number of nitrogens with zero attached hydrogens (tertiary/aromatic N) is 2. The lowest BCUT2D eigenvalue weighted by molar-refractivity contribution is -0.119. The second kappa shape index (κ2) is 7.91. The number of benzene rings is 1. The normalized spacial score (nSPS) is 18.2. The van der Waals surface area contributed by atoms with Gasteiger partial charge < -0.3 is 14.5 Å². The third-order valence-electron chi connectivity index (χ3n) is 5.38. The molecular weight excluding hydrogens is 340 g/mol. The summed E-state index contributed by atoms with van der Waals surface area (Å²) in [7, 11) is 0. The highest BCUT2D eigenvalue weighted by molar-refractivity contribution is 5.94. The smallest absolute Gasteiger partial charge is 0.410 e. The van der Waals surface area contributed by atoms with E-state index in [0.717, 1.165) is 37.9 Å². The number of hydrogen-bond acceptors (Lipinski definition) is 3. The van der Waals surface area contributed by atoms with Gasteiger partial charge in [0.15, 0.2) is 0 Å². The zero-order valence-electron chi connectivity index (χ0n) is 17.1. The molecule has 1 saturated heterocycles. The molecule has 0 atom stereocenters. The van der Waals surface area contributed by atoms with Crippen LogP contribution in [-0.4, -0.2) is 42.1 Å². The molecule has 148 valence electrons. The fourth-order valence-corrected chi connectivity index (χ4v) is 3.99. The van der Waals surface area contributed by atoms with Gasteiger partial charge >= 0.3 is 6.09 Å². The molecule has 0 saturated carbocycles. The minimum Gasteiger partial charge on any atom is -0.444 e. The number of carbonyl (C=O) groups excluding carboxylic acids is 2. The van der Waals surface area contributed by atoms with Crippen LogP contribution in [0.4, 0.5) is 10.5 Å². The number of likely N-dealkylation sites (tertiary alicyclic amines) is 1. The Balaban J connectivity index is 1.54. The Morgan fingerprint density at radius 1 is 1.15 bits per heavy atom. The number of amides is 2. The molecule has 1 aromatic rings. The van der Waals surface area contributed by atoms with Gasteiger partial charge in [-0.25, -0.2) is 4.79 Å². The Kier molecular flexibility index (Phi) is 5.78. The van der Waals surface area contributed by atoms with E-state index in [1.165, 1.54) is 11.1 Å². The number of carbonyl (C=O) groups is 2. The van der Waals surface area contributed by atoms with E-state index in [1.807, 2.05) is 25.7 Å². The van der Waals surface area contributed by atoms with Gasteiger partial charge in [-0.05, 0) is 70.9 Å². The highest BCUT2D eigenvalue weighted by Gasteiger charge is 2.30. The average Bonchev–Trinajstić information content (AvgIpc) is 2.60. The molecule has 1 aromatic carbocycles. The quantitative estimate of drug-likeness (QED) is 0.777. The molecule has 0 spiro atoms. The van der Waals surface area contributed by atoms with Crippen molar-refractivity contribution in [2.75, 3.05) is 24.5 Å². The van der Waals surface area contributed by atoms with Crippen molar-refractivity contribution < 1.29 is 14.3 Å². The first-order valence-electron chi connectivity index (χ1n) is 10.1. The minimum absolute atomic E-state index is 0.218. The second-order valence-corrected chi connectivity index (χ2v) is 8.90. The van der Waals surface area contributed by atoms with Gasteiger partial charge in [0.2, 0.25) is 5.91 Å². The summed E-state index contributed by atoms with van der Waals surface area (Å²) < 4.78 is 5.45. The minimum atomic E-state index is -0.468. The molecule has 5 nitrogen and oxygen atoms in total. The zero-order valence-corrected chi connectivity index (χ0v) is 17.1. The predicted molar refractivity (Wildman–Crippen MR) is 107 cm³/mol. The molecule has 27 heavy (non-hydrogen) atoms. The molecule has 2 amide bonds. The van der Waals surface area contributed by atoms with Crippen LogP contribution in [0.2, 0.25) is 0 Å². The molecule has 0 unspecified atom stereocenters. The average molecular weight is 373 g/mol. The first-order chi connectivity index (χ1) is 12.7. The van der Waals surface area contributed by atoms with Crippen LogP contribution in [-0.2, 0) is 16.0 Å². The van der Waals surface area contributed by atoms with E-state index in [2.05, 4.69) is 25.1 Å². The van der Waals surface area contributed by atoms with Crippen LogP contribution in [0.15, 0.2) is 18.2 Å². The van der Waals surface area contributed by atoms with E-state index in [4.69, 9.17) is 4.74 Å². The van der Waals surface area contributed by atoms with Gasteiger partial charge in [-0.1, -0.05) is 17.7 Å². The number of piperidine rings is 1. The maximum absolute atomic E-state index is 12.9. The Morgan fingerprint density at radius 3 is 2.52 bits per heavy atom. The molecule has 2 heterocycles. The number of aryl methyl sites for hydroxylation is 2. The molecule has 1 fully saturated rings. The van der Waals surface area contributed by atoms with Crippen molar-refractivity contribution in [2.45, 2.75) is 65.4 Å². The summed E-state index contributed by atoms with van der Waals surface area (Å²) in [6.07, 6.45) is 4.12. The Labute approximate surface area is 162 Å². The number of rotatable bonds is 2. The van der Waals surface area contributed by atoms with E-state index in [1.54, 1.807) is 4.90 Å². The Morgan fingerprint density at radius 2 is 1.85 bits per heavy atom. The van der Waals surface area contributed by atoms with E-state index >= 15 is 0 Å². The Hall–Kier alpha value is -2.04. The van der Waals surface area contributed by atoms with Crippen molar-refractivity contribution in [1.82, 2.24) is 4.90 Å². The standard InChI is InChI=1S/C22H32N2O3/c1-16-7-8-19-18(14-16)6-5-11-24(19)20(25)15-17-9-12-23(13-10-17)21(26)27-22(2,3)4/h7-8,14,17H,5-6,9-13,15H2,1-4H3. The number of hydrogen-bond donors (Lipinski definition) is 0. The lowest BCUT2D eigenvalue weighted by Gasteiger charge is -2.35. The summed E-state index contributed by atoms with van der Waals surface area (Å²) in [4.78, 5) is 28.9. The summed E-state index contributed by atoms with van der Waals surface area (Å²) in [6, 6.07) is 6.38. The number of fused-ring (bicyclic) bond motifs is 1. The van der Waals surface area contributed by atoms with E-state index < -0.39 is 5.60 Å². The molecular formula is C22H32N2O3. The van der Waals surface area contributed by atoms with Crippen molar-refractivity contribution in [3.63, 3.8) is 0 Å². The lowest BCUT2D eigenvalue weighted by atomic mass is 9.92. The zero-order chi connectivity index (χ0) is 19.6. The Bertz CT molecular complexity index is 700. The van der Waals surface area contributed by atoms with Crippen molar-refractivity contribution in [1.29, 1.82) is 0 Å². The van der Waals surface area contributed by atoms with Crippen molar-refractivity contribution in [3.8, 4) is 0 Å². The fourth-order valence-electron chi connectivity index (χ4n) is 3.99. The highest BCUT2D eigenvalue weighted by Crippen LogP contribution is 2.30. The third-order valence-corrected chi connectivity index (χ3v) is 5.38. The van der Waals surface area contributed by atoms with Gasteiger partial charge in [-0.2, -0.15) is 0 Å². The third kappa shape index (κ3) is 5.02. The molecule has 0 aliphatic carbocycles. The molecule has 0 radical (unpaired) electrons. The summed E-state index contributed by atoms with van der Waals surface area (Å²) >= 11 is 0. The van der Waals surface area contributed by atoms with Crippen molar-refractivity contribution in [2.24, 2.45) is 5.92 Å². The van der Waals surface area contributed by atoms with Crippen LogP contribution < -0.4 is 4.90 Å². The van der Waals surface area contributed by atoms with Crippen LogP contribution in [0.5, 0.6) is 0 Å². The molecule has 0 N–H and O–H groups in total. The van der Waals surface area contributed by atoms with Gasteiger partial charge in [0.25, 0.3) is 0 Å². The van der Waals surface area contributed by atoms with E-state index in [0.29, 0.717) is 25.4 Å². The van der Waals surface area contributed by atoms with Gasteiger partial charge in [0, 0.05) is 31.7 Å². The van der Waals surface area contributed by atoms with Crippen LogP contribution in [0.25, 0.3) is 0 Å². The SMILES string of the molecule is Cc1ccc2c(c1)CCCN2C(=O)CC1CCN(C(=O)OC(C)(C)C)CC1. The van der Waals surface area contributed by atoms with Gasteiger partial charge in [-0.3, -0.25) is 4.79 Å². The summed E-state index contributed by atoms with van der Waals surface area (Å²) in [6.45, 7) is 9.90. The molecule has 2 aliphatic heterocycles. The lowest BCUT2D eigenvalue weighted by Crippen LogP contribution is -2.43. The first-order valence-corrected chi connectivity index (χ1v) is 10.1. The molecule has 0 aromatic heterocycles. The second-order valence-electron chi connectivity index (χ2n) is 8.90. The molecule has 3 rings (SSSR count). The molecule has 0 bridgehead atoms. The maximum atomic E-state index is 12.9. The van der Waals surface area contributed by atoms with E-state index in [-0.39, 0.29) is 12.0 Å². The predicted octanol–water partition coefficient (Wildman–Crippen LogP) is 4.31. The van der Waals surface area contributed by atoms with Gasteiger partial charge in [0.1, 0.15) is 5.60 Å². The van der Waals surface area contributed by atoms with Crippen LogP contribution >= 0.6 is 0 Å². The number of anilines is 1. The van der Waals surface area contributed by atoms with Crippen molar-refractivity contribution in [3.05, 3.63) is 29.3 Å². The van der Waals surface area contributed by atoms with Crippen LogP contribution in [0.1, 0.15) is 57.6 Å². The molecule has 2 aliphatic rings. The van der Waals surface area contributed by atoms with E-state index in [9.17, 15) is 9.59 Å². The van der Waals surface area contributed by atoms with Crippen LogP contribution in [0, 0.1) is 12.8 Å². The van der Waals surface area contributed by atoms with Gasteiger partial charge in [-0.15, -0.1) is 0 Å². The number of ether oxygens (including phenoxy) is 1.